The molecular weight excluding hydrogens is 350 g/mol. The van der Waals surface area contributed by atoms with Crippen LogP contribution in [-0.4, -0.2) is 32.0 Å². The zero-order chi connectivity index (χ0) is 19.3. The molecule has 2 aromatic rings. The highest BCUT2D eigenvalue weighted by molar-refractivity contribution is 6.17. The fourth-order valence-corrected chi connectivity index (χ4v) is 2.64. The van der Waals surface area contributed by atoms with E-state index in [0.717, 1.165) is 22.6 Å². The van der Waals surface area contributed by atoms with Gasteiger partial charge in [-0.3, -0.25) is 4.57 Å². The lowest BCUT2D eigenvalue weighted by molar-refractivity contribution is -0.149. The Morgan fingerprint density at radius 1 is 1.31 bits per heavy atom. The van der Waals surface area contributed by atoms with Crippen LogP contribution in [0.25, 0.3) is 11.9 Å². The molecule has 0 aliphatic carbocycles. The number of nitrogens with zero attached hydrogens (tertiary/aromatic N) is 3. The second kappa shape index (κ2) is 8.49. The summed E-state index contributed by atoms with van der Waals surface area (Å²) < 4.78 is 7.40. The first-order valence-electron chi connectivity index (χ1n) is 8.67. The molecule has 0 saturated carbocycles. The summed E-state index contributed by atoms with van der Waals surface area (Å²) in [4.78, 5) is 21.2. The summed E-state index contributed by atoms with van der Waals surface area (Å²) in [5, 5.41) is 0. The number of esters is 1. The Kier molecular flexibility index (Phi) is 6.59. The predicted octanol–water partition coefficient (Wildman–Crippen LogP) is 4.63. The van der Waals surface area contributed by atoms with E-state index >= 15 is 0 Å². The van der Waals surface area contributed by atoms with Crippen molar-refractivity contribution in [1.29, 1.82) is 0 Å². The maximum absolute atomic E-state index is 12.5. The van der Waals surface area contributed by atoms with Gasteiger partial charge in [-0.2, -0.15) is 0 Å². The molecule has 0 unspecified atom stereocenters. The number of imidazole rings is 1. The number of aryl methyl sites for hydroxylation is 2. The van der Waals surface area contributed by atoms with Gasteiger partial charge in [-0.15, -0.1) is 11.6 Å². The average molecular weight is 376 g/mol. The molecule has 0 amide bonds. The Morgan fingerprint density at radius 3 is 2.58 bits per heavy atom. The Bertz CT molecular complexity index is 804. The van der Waals surface area contributed by atoms with Crippen LogP contribution in [0.1, 0.15) is 50.4 Å². The smallest absolute Gasteiger partial charge is 0.334 e. The average Bonchev–Trinajstić information content (AvgIpc) is 2.96. The number of carbonyl (C=O) groups is 1. The Morgan fingerprint density at radius 2 is 2.04 bits per heavy atom. The molecule has 0 aromatic carbocycles. The van der Waals surface area contributed by atoms with Crippen molar-refractivity contribution in [1.82, 2.24) is 14.5 Å². The maximum Gasteiger partial charge on any atom is 0.334 e. The van der Waals surface area contributed by atoms with E-state index in [1.54, 1.807) is 12.5 Å². The van der Waals surface area contributed by atoms with Gasteiger partial charge in [0.2, 0.25) is 0 Å². The van der Waals surface area contributed by atoms with Crippen molar-refractivity contribution in [3.05, 3.63) is 47.2 Å². The molecule has 0 radical (unpaired) electrons. The van der Waals surface area contributed by atoms with E-state index in [-0.39, 0.29) is 5.97 Å². The Hall–Kier alpha value is -2.14. The summed E-state index contributed by atoms with van der Waals surface area (Å²) in [6.45, 7) is 9.50. The lowest BCUT2D eigenvalue weighted by atomic mass is 10.1. The molecule has 0 spiro atoms. The molecule has 0 aliphatic rings. The quantitative estimate of drug-likeness (QED) is 0.419. The van der Waals surface area contributed by atoms with Gasteiger partial charge in [0.05, 0.1) is 5.69 Å². The number of aromatic nitrogens is 3. The summed E-state index contributed by atoms with van der Waals surface area (Å²) in [5.74, 6) is 1.01. The van der Waals surface area contributed by atoms with Crippen molar-refractivity contribution < 1.29 is 9.53 Å². The number of pyridine rings is 1. The van der Waals surface area contributed by atoms with Crippen LogP contribution < -0.4 is 0 Å². The SMILES string of the molecule is Cc1cn(-c2ncc(/C=C(/CCCCl)C(=O)OC(C)(C)C)cc2C)cn1. The number of rotatable bonds is 6. The first kappa shape index (κ1) is 20.2. The van der Waals surface area contributed by atoms with Crippen LogP contribution in [0.3, 0.4) is 0 Å². The largest absolute Gasteiger partial charge is 0.457 e. The van der Waals surface area contributed by atoms with Gasteiger partial charge >= 0.3 is 5.97 Å². The van der Waals surface area contributed by atoms with E-state index < -0.39 is 5.60 Å². The van der Waals surface area contributed by atoms with Crippen molar-refractivity contribution in [2.24, 2.45) is 0 Å². The molecule has 0 saturated heterocycles. The number of hydrogen-bond acceptors (Lipinski definition) is 4. The van der Waals surface area contributed by atoms with Crippen LogP contribution in [0, 0.1) is 13.8 Å². The number of alkyl halides is 1. The van der Waals surface area contributed by atoms with E-state index in [2.05, 4.69) is 9.97 Å². The van der Waals surface area contributed by atoms with Gasteiger partial charge in [-0.25, -0.2) is 14.8 Å². The van der Waals surface area contributed by atoms with Crippen LogP contribution >= 0.6 is 11.6 Å². The van der Waals surface area contributed by atoms with Crippen LogP contribution in [0.4, 0.5) is 0 Å². The third kappa shape index (κ3) is 5.70. The molecule has 2 rings (SSSR count). The summed E-state index contributed by atoms with van der Waals surface area (Å²) in [7, 11) is 0. The van der Waals surface area contributed by atoms with E-state index in [0.29, 0.717) is 24.3 Å². The number of carbonyl (C=O) groups excluding carboxylic acids is 1. The van der Waals surface area contributed by atoms with Crippen molar-refractivity contribution >= 4 is 23.6 Å². The normalized spacial score (nSPS) is 12.3. The van der Waals surface area contributed by atoms with E-state index in [1.165, 1.54) is 0 Å². The van der Waals surface area contributed by atoms with E-state index in [4.69, 9.17) is 16.3 Å². The van der Waals surface area contributed by atoms with Gasteiger partial charge in [-0.1, -0.05) is 0 Å². The van der Waals surface area contributed by atoms with Gasteiger partial charge < -0.3 is 4.74 Å². The number of ether oxygens (including phenoxy) is 1. The van der Waals surface area contributed by atoms with Gasteiger partial charge in [0.25, 0.3) is 0 Å². The fourth-order valence-electron chi connectivity index (χ4n) is 2.51. The highest BCUT2D eigenvalue weighted by Gasteiger charge is 2.19. The van der Waals surface area contributed by atoms with Crippen LogP contribution in [0.2, 0.25) is 0 Å². The Labute approximate surface area is 160 Å². The van der Waals surface area contributed by atoms with Crippen molar-refractivity contribution in [2.45, 2.75) is 53.1 Å². The van der Waals surface area contributed by atoms with Crippen molar-refractivity contribution in [2.75, 3.05) is 5.88 Å². The monoisotopic (exact) mass is 375 g/mol. The summed E-state index contributed by atoms with van der Waals surface area (Å²) >= 11 is 5.80. The highest BCUT2D eigenvalue weighted by Crippen LogP contribution is 2.20. The van der Waals surface area contributed by atoms with Crippen molar-refractivity contribution in [3.8, 4) is 5.82 Å². The first-order chi connectivity index (χ1) is 12.2. The molecule has 6 heteroatoms. The molecule has 26 heavy (non-hydrogen) atoms. The Balaban J connectivity index is 2.30. The minimum absolute atomic E-state index is 0.311. The third-order valence-corrected chi connectivity index (χ3v) is 3.88. The number of halogens is 1. The minimum Gasteiger partial charge on any atom is -0.457 e. The molecule has 2 aromatic heterocycles. The molecular formula is C20H26ClN3O2. The van der Waals surface area contributed by atoms with Gasteiger partial charge in [-0.05, 0) is 70.7 Å². The third-order valence-electron chi connectivity index (χ3n) is 3.61. The standard InChI is InChI=1S/C20H26ClN3O2/c1-14-9-16(11-22-18(14)24-12-15(2)23-13-24)10-17(7-6-8-21)19(25)26-20(3,4)5/h9-13H,6-8H2,1-5H3/b17-10-. The van der Waals surface area contributed by atoms with E-state index in [9.17, 15) is 4.79 Å². The zero-order valence-corrected chi connectivity index (χ0v) is 16.8. The molecule has 0 N–H and O–H groups in total. The van der Waals surface area contributed by atoms with Crippen LogP contribution in [0.15, 0.2) is 30.4 Å². The van der Waals surface area contributed by atoms with E-state index in [1.807, 2.05) is 57.5 Å². The summed E-state index contributed by atoms with van der Waals surface area (Å²) in [6, 6.07) is 2.00. The molecule has 0 atom stereocenters. The van der Waals surface area contributed by atoms with Crippen LogP contribution in [-0.2, 0) is 9.53 Å². The van der Waals surface area contributed by atoms with Crippen molar-refractivity contribution in [3.63, 3.8) is 0 Å². The summed E-state index contributed by atoms with van der Waals surface area (Å²) in [6.07, 6.45) is 8.54. The molecule has 140 valence electrons. The number of hydrogen-bond donors (Lipinski definition) is 0. The summed E-state index contributed by atoms with van der Waals surface area (Å²) in [5.41, 5.74) is 2.86. The molecule has 0 aliphatic heterocycles. The first-order valence-corrected chi connectivity index (χ1v) is 9.20. The van der Waals surface area contributed by atoms with Gasteiger partial charge in [0.15, 0.2) is 0 Å². The molecule has 0 bridgehead atoms. The zero-order valence-electron chi connectivity index (χ0n) is 16.0. The van der Waals surface area contributed by atoms with Crippen LogP contribution in [0.5, 0.6) is 0 Å². The molecule has 0 fully saturated rings. The molecule has 5 nitrogen and oxygen atoms in total. The highest BCUT2D eigenvalue weighted by atomic mass is 35.5. The second-order valence-corrected chi connectivity index (χ2v) is 7.67. The fraction of sp³-hybridized carbons (Fsp3) is 0.450. The topological polar surface area (TPSA) is 57.0 Å². The second-order valence-electron chi connectivity index (χ2n) is 7.30. The molecule has 2 heterocycles. The maximum atomic E-state index is 12.5. The predicted molar refractivity (Wildman–Crippen MR) is 105 cm³/mol. The minimum atomic E-state index is -0.533. The van der Waals surface area contributed by atoms with Gasteiger partial charge in [0.1, 0.15) is 17.7 Å². The van der Waals surface area contributed by atoms with Gasteiger partial charge in [0, 0.05) is 23.8 Å². The lowest BCUT2D eigenvalue weighted by Crippen LogP contribution is -2.25. The lowest BCUT2D eigenvalue weighted by Gasteiger charge is -2.20.